The lowest BCUT2D eigenvalue weighted by Crippen LogP contribution is -2.44. The molecule has 0 saturated heterocycles. The van der Waals surface area contributed by atoms with E-state index >= 15 is 0 Å². The van der Waals surface area contributed by atoms with Crippen molar-refractivity contribution < 1.29 is 19.0 Å². The van der Waals surface area contributed by atoms with E-state index in [4.69, 9.17) is 4.99 Å². The van der Waals surface area contributed by atoms with Gasteiger partial charge in [0, 0.05) is 17.8 Å². The van der Waals surface area contributed by atoms with E-state index in [0.717, 1.165) is 28.3 Å². The van der Waals surface area contributed by atoms with Crippen LogP contribution in [0.3, 0.4) is 0 Å². The Hall–Kier alpha value is -3.05. The number of aliphatic imine (C=N–C) groups is 1. The molecule has 3 rings (SSSR count). The summed E-state index contributed by atoms with van der Waals surface area (Å²) in [6.07, 6.45) is 1.29. The monoisotopic (exact) mass is 619 g/mol. The molecule has 0 aliphatic carbocycles. The summed E-state index contributed by atoms with van der Waals surface area (Å²) < 4.78 is 28.5. The largest absolute Gasteiger partial charge is 0.504 e. The van der Waals surface area contributed by atoms with Gasteiger partial charge in [0.25, 0.3) is 0 Å². The highest BCUT2D eigenvalue weighted by molar-refractivity contribution is 5.83. The van der Waals surface area contributed by atoms with Gasteiger partial charge in [-0.15, -0.1) is 0 Å². The molecule has 0 saturated carbocycles. The Labute approximate surface area is 270 Å². The number of phenols is 1. The maximum absolute atomic E-state index is 14.3. The molecule has 0 aliphatic rings. The minimum atomic E-state index is -1.64. The highest BCUT2D eigenvalue weighted by Crippen LogP contribution is 2.44. The van der Waals surface area contributed by atoms with Crippen LogP contribution in [0, 0.1) is 17.6 Å². The molecule has 0 radical (unpaired) electrons. The van der Waals surface area contributed by atoms with E-state index in [1.165, 1.54) is 6.21 Å². The Kier molecular flexibility index (Phi) is 9.94. The van der Waals surface area contributed by atoms with Gasteiger partial charge in [-0.25, -0.2) is 8.78 Å². The summed E-state index contributed by atoms with van der Waals surface area (Å²) in [5.74, 6) is -2.77. The van der Waals surface area contributed by atoms with Crippen molar-refractivity contribution in [1.82, 2.24) is 0 Å². The Morgan fingerprint density at radius 3 is 1.22 bits per heavy atom. The van der Waals surface area contributed by atoms with E-state index in [2.05, 4.69) is 119 Å². The van der Waals surface area contributed by atoms with Gasteiger partial charge in [0.15, 0.2) is 11.6 Å². The number of halogens is 2. The topological polar surface area (TPSA) is 52.8 Å². The fraction of sp³-hybridized carbons (Fsp3) is 0.525. The Bertz CT molecular complexity index is 1420. The average molecular weight is 620 g/mol. The normalized spacial score (nSPS) is 14.4. The molecule has 0 amide bonds. The second-order valence-electron chi connectivity index (χ2n) is 17.2. The van der Waals surface area contributed by atoms with Crippen molar-refractivity contribution in [1.29, 1.82) is 0 Å². The van der Waals surface area contributed by atoms with E-state index < -0.39 is 29.0 Å². The SMILES string of the molecule is CC(C)C(N=Cc1cc(F)cc(F)c1O)C(O)(c1cc(C(C)(C)C)cc(C(C)(C)C)c1)c1cc(C(C)(C)C)cc(C(C)(C)C)c1. The van der Waals surface area contributed by atoms with Crippen molar-refractivity contribution in [2.45, 2.75) is 130 Å². The molecule has 0 bridgehead atoms. The van der Waals surface area contributed by atoms with E-state index in [1.807, 2.05) is 13.8 Å². The van der Waals surface area contributed by atoms with Crippen LogP contribution in [-0.2, 0) is 27.3 Å². The molecule has 2 N–H and O–H groups in total. The van der Waals surface area contributed by atoms with Gasteiger partial charge in [-0.1, -0.05) is 133 Å². The number of hydrogen-bond donors (Lipinski definition) is 2. The zero-order valence-corrected chi connectivity index (χ0v) is 29.9. The van der Waals surface area contributed by atoms with Crippen molar-refractivity contribution in [3.05, 3.63) is 99.1 Å². The molecule has 246 valence electrons. The van der Waals surface area contributed by atoms with Crippen LogP contribution < -0.4 is 0 Å². The number of phenolic OH excluding ortho intramolecular Hbond substituents is 1. The standard InChI is InChI=1S/C40H55F2NO2/c1-24(2)35(43-23-25-15-32(41)22-33(42)34(25)44)40(45,30-18-26(36(3,4)5)16-27(19-30)37(6,7)8)31-20-28(38(9,10)11)17-29(21-31)39(12,13)14/h15-24,35,44-45H,1-14H3. The van der Waals surface area contributed by atoms with Crippen molar-refractivity contribution in [3.63, 3.8) is 0 Å². The summed E-state index contributed by atoms with van der Waals surface area (Å²) in [5, 5.41) is 23.9. The molecule has 3 nitrogen and oxygen atoms in total. The van der Waals surface area contributed by atoms with E-state index in [-0.39, 0.29) is 33.1 Å². The van der Waals surface area contributed by atoms with Crippen molar-refractivity contribution in [2.75, 3.05) is 0 Å². The van der Waals surface area contributed by atoms with Crippen LogP contribution in [0.4, 0.5) is 8.78 Å². The second kappa shape index (κ2) is 12.3. The number of rotatable bonds is 6. The molecule has 1 atom stereocenters. The van der Waals surface area contributed by atoms with Gasteiger partial charge in [0.1, 0.15) is 11.4 Å². The van der Waals surface area contributed by atoms with Gasteiger partial charge >= 0.3 is 0 Å². The summed E-state index contributed by atoms with van der Waals surface area (Å²) in [7, 11) is 0. The first-order valence-corrected chi connectivity index (χ1v) is 16.0. The second-order valence-corrected chi connectivity index (χ2v) is 17.2. The number of benzene rings is 3. The molecule has 0 spiro atoms. The molecule has 45 heavy (non-hydrogen) atoms. The van der Waals surface area contributed by atoms with Gasteiger partial charge in [-0.3, -0.25) is 4.99 Å². The van der Waals surface area contributed by atoms with E-state index in [9.17, 15) is 19.0 Å². The van der Waals surface area contributed by atoms with Crippen molar-refractivity contribution in [3.8, 4) is 5.75 Å². The molecular formula is C40H55F2NO2. The van der Waals surface area contributed by atoms with Crippen molar-refractivity contribution >= 4 is 6.21 Å². The molecular weight excluding hydrogens is 564 g/mol. The number of hydrogen-bond acceptors (Lipinski definition) is 3. The average Bonchev–Trinajstić information content (AvgIpc) is 2.88. The van der Waals surface area contributed by atoms with Gasteiger partial charge < -0.3 is 10.2 Å². The smallest absolute Gasteiger partial charge is 0.168 e. The molecule has 0 heterocycles. The van der Waals surface area contributed by atoms with Crippen molar-refractivity contribution in [2.24, 2.45) is 10.9 Å². The molecule has 1 unspecified atom stereocenters. The van der Waals surface area contributed by atoms with Gasteiger partial charge in [-0.05, 0) is 67.0 Å². The minimum absolute atomic E-state index is 0.0851. The predicted octanol–water partition coefficient (Wildman–Crippen LogP) is 10.2. The summed E-state index contributed by atoms with van der Waals surface area (Å²) >= 11 is 0. The maximum atomic E-state index is 14.3. The van der Waals surface area contributed by atoms with Gasteiger partial charge in [-0.2, -0.15) is 0 Å². The lowest BCUT2D eigenvalue weighted by Gasteiger charge is -2.40. The molecule has 3 aromatic carbocycles. The third kappa shape index (κ3) is 8.03. The third-order valence-corrected chi connectivity index (χ3v) is 8.70. The van der Waals surface area contributed by atoms with E-state index in [1.54, 1.807) is 0 Å². The zero-order valence-electron chi connectivity index (χ0n) is 29.9. The quantitative estimate of drug-likeness (QED) is 0.270. The summed E-state index contributed by atoms with van der Waals surface area (Å²) in [6.45, 7) is 29.9. The highest BCUT2D eigenvalue weighted by Gasteiger charge is 2.44. The lowest BCUT2D eigenvalue weighted by molar-refractivity contribution is 0.0361. The van der Waals surface area contributed by atoms with Crippen LogP contribution >= 0.6 is 0 Å². The summed E-state index contributed by atoms with van der Waals surface area (Å²) in [6, 6.07) is 13.7. The predicted molar refractivity (Wildman–Crippen MR) is 185 cm³/mol. The summed E-state index contributed by atoms with van der Waals surface area (Å²) in [5.41, 5.74) is 3.20. The Morgan fingerprint density at radius 2 is 0.911 bits per heavy atom. The van der Waals surface area contributed by atoms with Crippen LogP contribution in [0.1, 0.15) is 136 Å². The van der Waals surface area contributed by atoms with Crippen LogP contribution in [0.15, 0.2) is 53.5 Å². The van der Waals surface area contributed by atoms with Gasteiger partial charge in [0.05, 0.1) is 6.04 Å². The number of aliphatic hydroxyl groups is 1. The zero-order chi connectivity index (χ0) is 34.5. The Morgan fingerprint density at radius 1 is 0.578 bits per heavy atom. The first-order chi connectivity index (χ1) is 20.3. The summed E-state index contributed by atoms with van der Waals surface area (Å²) in [4.78, 5) is 4.86. The molecule has 0 fully saturated rings. The van der Waals surface area contributed by atoms with Gasteiger partial charge in [0.2, 0.25) is 0 Å². The Balaban J connectivity index is 2.54. The van der Waals surface area contributed by atoms with Crippen LogP contribution in [0.25, 0.3) is 0 Å². The van der Waals surface area contributed by atoms with Crippen LogP contribution in [0.2, 0.25) is 0 Å². The number of aromatic hydroxyl groups is 1. The van der Waals surface area contributed by atoms with Crippen LogP contribution in [-0.4, -0.2) is 22.5 Å². The van der Waals surface area contributed by atoms with E-state index in [0.29, 0.717) is 17.2 Å². The molecule has 0 aromatic heterocycles. The highest BCUT2D eigenvalue weighted by atomic mass is 19.1. The third-order valence-electron chi connectivity index (χ3n) is 8.70. The first kappa shape index (κ1) is 36.4. The molecule has 3 aromatic rings. The first-order valence-electron chi connectivity index (χ1n) is 16.0. The fourth-order valence-electron chi connectivity index (χ4n) is 5.54. The minimum Gasteiger partial charge on any atom is -0.504 e. The van der Waals surface area contributed by atoms with Crippen LogP contribution in [0.5, 0.6) is 5.75 Å². The molecule has 0 aliphatic heterocycles. The molecule has 5 heteroatoms. The fourth-order valence-corrected chi connectivity index (χ4v) is 5.54. The lowest BCUT2D eigenvalue weighted by atomic mass is 9.70. The maximum Gasteiger partial charge on any atom is 0.168 e. The number of nitrogens with zero attached hydrogens (tertiary/aromatic N) is 1.